The number of aromatic nitrogens is 4. The van der Waals surface area contributed by atoms with Crippen LogP contribution < -0.4 is 4.90 Å². The summed E-state index contributed by atoms with van der Waals surface area (Å²) in [7, 11) is 1.93. The van der Waals surface area contributed by atoms with E-state index in [1.54, 1.807) is 0 Å². The first kappa shape index (κ1) is 13.9. The van der Waals surface area contributed by atoms with Crippen LogP contribution in [0, 0.1) is 25.2 Å². The maximum atomic E-state index is 9.94. The van der Waals surface area contributed by atoms with E-state index in [1.165, 1.54) is 12.8 Å². The summed E-state index contributed by atoms with van der Waals surface area (Å²) in [6, 6.07) is 0. The minimum atomic E-state index is 0.0707. The molecular formula is C16H23N5O. The highest BCUT2D eigenvalue weighted by molar-refractivity contribution is 5.90. The molecule has 118 valence electrons. The van der Waals surface area contributed by atoms with E-state index in [0.29, 0.717) is 5.92 Å². The van der Waals surface area contributed by atoms with E-state index >= 15 is 0 Å². The van der Waals surface area contributed by atoms with Crippen molar-refractivity contribution in [2.24, 2.45) is 18.4 Å². The average Bonchev–Trinajstić information content (AvgIpc) is 3.10. The smallest absolute Gasteiger partial charge is 0.163 e. The first-order valence-corrected chi connectivity index (χ1v) is 8.08. The molecule has 1 aliphatic carbocycles. The fourth-order valence-electron chi connectivity index (χ4n) is 4.49. The SMILES string of the molecule is Cc1nc(N2C[C@H]3CCC[C@@]3(CO)C2)c2c(C)nn(C)c2n1. The summed E-state index contributed by atoms with van der Waals surface area (Å²) in [5.41, 5.74) is 1.94. The zero-order chi connectivity index (χ0) is 15.5. The molecular weight excluding hydrogens is 278 g/mol. The van der Waals surface area contributed by atoms with Crippen LogP contribution in [-0.4, -0.2) is 44.6 Å². The van der Waals surface area contributed by atoms with Crippen LogP contribution in [0.2, 0.25) is 0 Å². The number of nitrogens with zero attached hydrogens (tertiary/aromatic N) is 5. The summed E-state index contributed by atoms with van der Waals surface area (Å²) in [5.74, 6) is 2.36. The first-order chi connectivity index (χ1) is 10.5. The second-order valence-electron chi connectivity index (χ2n) is 6.99. The van der Waals surface area contributed by atoms with Gasteiger partial charge >= 0.3 is 0 Å². The van der Waals surface area contributed by atoms with Crippen LogP contribution in [0.3, 0.4) is 0 Å². The lowest BCUT2D eigenvalue weighted by atomic mass is 9.82. The summed E-state index contributed by atoms with van der Waals surface area (Å²) in [4.78, 5) is 11.6. The molecule has 4 rings (SSSR count). The Morgan fingerprint density at radius 2 is 2.14 bits per heavy atom. The fraction of sp³-hybridized carbons (Fsp3) is 0.688. The van der Waals surface area contributed by atoms with Crippen molar-refractivity contribution in [3.8, 4) is 0 Å². The molecule has 0 unspecified atom stereocenters. The van der Waals surface area contributed by atoms with E-state index in [9.17, 15) is 5.11 Å². The Labute approximate surface area is 130 Å². The van der Waals surface area contributed by atoms with Gasteiger partial charge < -0.3 is 10.0 Å². The van der Waals surface area contributed by atoms with E-state index in [0.717, 1.165) is 47.9 Å². The average molecular weight is 301 g/mol. The van der Waals surface area contributed by atoms with Crippen molar-refractivity contribution in [2.45, 2.75) is 33.1 Å². The molecule has 2 atom stereocenters. The summed E-state index contributed by atoms with van der Waals surface area (Å²) in [6.45, 7) is 6.12. The van der Waals surface area contributed by atoms with Gasteiger partial charge in [0.1, 0.15) is 11.6 Å². The molecule has 0 aromatic carbocycles. The van der Waals surface area contributed by atoms with Gasteiger partial charge in [-0.2, -0.15) is 5.10 Å². The molecule has 1 saturated heterocycles. The standard InChI is InChI=1S/C16H23N5O/c1-10-13-14(20(3)19-10)17-11(2)18-15(13)21-7-12-5-4-6-16(12,8-21)9-22/h12,22H,4-9H2,1-3H3/t12-,16+/m1/s1. The molecule has 0 bridgehead atoms. The van der Waals surface area contributed by atoms with Gasteiger partial charge in [0.05, 0.1) is 17.7 Å². The topological polar surface area (TPSA) is 67.1 Å². The van der Waals surface area contributed by atoms with Crippen LogP contribution in [0.15, 0.2) is 0 Å². The van der Waals surface area contributed by atoms with Gasteiger partial charge in [0.25, 0.3) is 0 Å². The third-order valence-corrected chi connectivity index (χ3v) is 5.61. The highest BCUT2D eigenvalue weighted by Crippen LogP contribution is 2.49. The van der Waals surface area contributed by atoms with E-state index in [1.807, 2.05) is 25.6 Å². The molecule has 0 amide bonds. The van der Waals surface area contributed by atoms with Gasteiger partial charge in [0.2, 0.25) is 0 Å². The van der Waals surface area contributed by atoms with Gasteiger partial charge in [-0.15, -0.1) is 0 Å². The largest absolute Gasteiger partial charge is 0.396 e. The molecule has 0 radical (unpaired) electrons. The molecule has 2 aromatic heterocycles. The summed E-state index contributed by atoms with van der Waals surface area (Å²) in [5, 5.41) is 15.5. The molecule has 2 aromatic rings. The highest BCUT2D eigenvalue weighted by atomic mass is 16.3. The van der Waals surface area contributed by atoms with Crippen LogP contribution in [0.1, 0.15) is 30.8 Å². The van der Waals surface area contributed by atoms with Crippen molar-refractivity contribution >= 4 is 16.9 Å². The number of anilines is 1. The molecule has 2 aliphatic rings. The van der Waals surface area contributed by atoms with E-state index < -0.39 is 0 Å². The lowest BCUT2D eigenvalue weighted by Gasteiger charge is -2.26. The predicted molar refractivity (Wildman–Crippen MR) is 84.9 cm³/mol. The van der Waals surface area contributed by atoms with E-state index in [2.05, 4.69) is 15.0 Å². The second-order valence-corrected chi connectivity index (χ2v) is 6.99. The van der Waals surface area contributed by atoms with Crippen LogP contribution in [-0.2, 0) is 7.05 Å². The Kier molecular flexibility index (Phi) is 2.95. The number of fused-ring (bicyclic) bond motifs is 2. The predicted octanol–water partition coefficient (Wildman–Crippen LogP) is 1.58. The molecule has 3 heterocycles. The van der Waals surface area contributed by atoms with Crippen LogP contribution >= 0.6 is 0 Å². The third kappa shape index (κ3) is 1.79. The highest BCUT2D eigenvalue weighted by Gasteiger charge is 2.49. The van der Waals surface area contributed by atoms with Gasteiger partial charge in [0.15, 0.2) is 5.65 Å². The second kappa shape index (κ2) is 4.65. The van der Waals surface area contributed by atoms with E-state index in [-0.39, 0.29) is 12.0 Å². The van der Waals surface area contributed by atoms with Crippen molar-refractivity contribution < 1.29 is 5.11 Å². The lowest BCUT2D eigenvalue weighted by molar-refractivity contribution is 0.121. The zero-order valence-electron chi connectivity index (χ0n) is 13.5. The minimum Gasteiger partial charge on any atom is -0.396 e. The molecule has 6 nitrogen and oxygen atoms in total. The van der Waals surface area contributed by atoms with Crippen LogP contribution in [0.25, 0.3) is 11.0 Å². The molecule has 6 heteroatoms. The Hall–Kier alpha value is -1.69. The number of hydrogen-bond donors (Lipinski definition) is 1. The van der Waals surface area contributed by atoms with Gasteiger partial charge in [-0.1, -0.05) is 6.42 Å². The molecule has 1 saturated carbocycles. The maximum absolute atomic E-state index is 9.94. The third-order valence-electron chi connectivity index (χ3n) is 5.61. The summed E-state index contributed by atoms with van der Waals surface area (Å²) >= 11 is 0. The Morgan fingerprint density at radius 3 is 2.86 bits per heavy atom. The Bertz CT molecular complexity index is 740. The normalized spacial score (nSPS) is 27.8. The molecule has 2 fully saturated rings. The van der Waals surface area contributed by atoms with Gasteiger partial charge in [-0.05, 0) is 32.6 Å². The number of hydrogen-bond acceptors (Lipinski definition) is 5. The first-order valence-electron chi connectivity index (χ1n) is 8.08. The molecule has 1 aliphatic heterocycles. The molecule has 0 spiro atoms. The van der Waals surface area contributed by atoms with Crippen molar-refractivity contribution in [1.82, 2.24) is 19.7 Å². The van der Waals surface area contributed by atoms with Crippen LogP contribution in [0.4, 0.5) is 5.82 Å². The zero-order valence-corrected chi connectivity index (χ0v) is 13.5. The number of aliphatic hydroxyl groups is 1. The minimum absolute atomic E-state index is 0.0707. The maximum Gasteiger partial charge on any atom is 0.163 e. The van der Waals surface area contributed by atoms with Crippen molar-refractivity contribution in [2.75, 3.05) is 24.6 Å². The van der Waals surface area contributed by atoms with E-state index in [4.69, 9.17) is 4.98 Å². The Balaban J connectivity index is 1.82. The molecule has 22 heavy (non-hydrogen) atoms. The Morgan fingerprint density at radius 1 is 1.32 bits per heavy atom. The van der Waals surface area contributed by atoms with Gasteiger partial charge in [0, 0.05) is 25.6 Å². The molecule has 1 N–H and O–H groups in total. The van der Waals surface area contributed by atoms with Gasteiger partial charge in [-0.3, -0.25) is 4.68 Å². The summed E-state index contributed by atoms with van der Waals surface area (Å²) < 4.78 is 1.83. The quantitative estimate of drug-likeness (QED) is 0.912. The van der Waals surface area contributed by atoms with Crippen LogP contribution in [0.5, 0.6) is 0 Å². The number of aryl methyl sites for hydroxylation is 3. The monoisotopic (exact) mass is 301 g/mol. The van der Waals surface area contributed by atoms with Crippen molar-refractivity contribution in [3.63, 3.8) is 0 Å². The summed E-state index contributed by atoms with van der Waals surface area (Å²) in [6.07, 6.45) is 3.59. The van der Waals surface area contributed by atoms with Crippen molar-refractivity contribution in [1.29, 1.82) is 0 Å². The van der Waals surface area contributed by atoms with Gasteiger partial charge in [-0.25, -0.2) is 9.97 Å². The van der Waals surface area contributed by atoms with Crippen molar-refractivity contribution in [3.05, 3.63) is 11.5 Å². The lowest BCUT2D eigenvalue weighted by Crippen LogP contribution is -2.31. The number of aliphatic hydroxyl groups excluding tert-OH is 1. The number of rotatable bonds is 2. The fourth-order valence-corrected chi connectivity index (χ4v) is 4.49.